The van der Waals surface area contributed by atoms with Crippen LogP contribution in [-0.2, 0) is 27.3 Å². The fourth-order valence-corrected chi connectivity index (χ4v) is 4.34. The Labute approximate surface area is 209 Å². The van der Waals surface area contributed by atoms with Crippen LogP contribution in [0.4, 0.5) is 4.39 Å². The lowest BCUT2D eigenvalue weighted by atomic mass is 9.92. The van der Waals surface area contributed by atoms with Gasteiger partial charge in [0.15, 0.2) is 11.5 Å². The molecule has 1 saturated heterocycles. The highest BCUT2D eigenvalue weighted by Crippen LogP contribution is 2.27. The SMILES string of the molecule is CCOC(=O)c1ccc2c(c1)c(C(N)=O)nn2CC(O)N1C(=O)C[C@H]1C(=O)Cc1cccc(Cl)c1F. The largest absolute Gasteiger partial charge is 0.462 e. The van der Waals surface area contributed by atoms with Crippen LogP contribution in [0.15, 0.2) is 36.4 Å². The summed E-state index contributed by atoms with van der Waals surface area (Å²) >= 11 is 5.77. The highest BCUT2D eigenvalue weighted by Gasteiger charge is 2.44. The first-order chi connectivity index (χ1) is 17.1. The molecule has 0 saturated carbocycles. The molecule has 2 amide bonds. The summed E-state index contributed by atoms with van der Waals surface area (Å²) in [5.41, 5.74) is 5.94. The number of nitrogens with zero attached hydrogens (tertiary/aromatic N) is 3. The van der Waals surface area contributed by atoms with Crippen molar-refractivity contribution in [2.45, 2.75) is 38.6 Å². The molecule has 1 fully saturated rings. The molecule has 2 heterocycles. The third-order valence-corrected chi connectivity index (χ3v) is 6.20. The van der Waals surface area contributed by atoms with Crippen molar-refractivity contribution < 1.29 is 33.4 Å². The van der Waals surface area contributed by atoms with Gasteiger partial charge in [0.2, 0.25) is 5.91 Å². The Balaban J connectivity index is 1.56. The lowest BCUT2D eigenvalue weighted by Gasteiger charge is -2.42. The number of primary amides is 1. The Kier molecular flexibility index (Phi) is 7.04. The molecular weight excluding hydrogens is 495 g/mol. The van der Waals surface area contributed by atoms with Crippen LogP contribution in [0.25, 0.3) is 10.9 Å². The number of esters is 1. The number of fused-ring (bicyclic) bond motifs is 1. The molecule has 4 rings (SSSR count). The number of halogens is 2. The second-order valence-electron chi connectivity index (χ2n) is 8.20. The molecule has 0 aliphatic carbocycles. The molecule has 1 unspecified atom stereocenters. The van der Waals surface area contributed by atoms with Crippen LogP contribution in [0.3, 0.4) is 0 Å². The zero-order valence-corrected chi connectivity index (χ0v) is 19.9. The molecule has 3 N–H and O–H groups in total. The van der Waals surface area contributed by atoms with Gasteiger partial charge in [-0.15, -0.1) is 0 Å². The Morgan fingerprint density at radius 1 is 1.31 bits per heavy atom. The molecule has 2 aromatic carbocycles. The number of likely N-dealkylation sites (tertiary alicyclic amines) is 1. The number of aliphatic hydroxyl groups excluding tert-OH is 1. The molecule has 10 nitrogen and oxygen atoms in total. The summed E-state index contributed by atoms with van der Waals surface area (Å²) in [6.45, 7) is 1.54. The van der Waals surface area contributed by atoms with Gasteiger partial charge in [0.25, 0.3) is 5.91 Å². The summed E-state index contributed by atoms with van der Waals surface area (Å²) in [5, 5.41) is 15.1. The van der Waals surface area contributed by atoms with Crippen LogP contribution in [0, 0.1) is 5.82 Å². The van der Waals surface area contributed by atoms with Crippen LogP contribution in [0.1, 0.15) is 39.8 Å². The highest BCUT2D eigenvalue weighted by atomic mass is 35.5. The summed E-state index contributed by atoms with van der Waals surface area (Å²) in [7, 11) is 0. The minimum Gasteiger partial charge on any atom is -0.462 e. The first-order valence-corrected chi connectivity index (χ1v) is 11.4. The third-order valence-electron chi connectivity index (χ3n) is 5.91. The Morgan fingerprint density at radius 3 is 2.72 bits per heavy atom. The number of aromatic nitrogens is 2. The van der Waals surface area contributed by atoms with E-state index in [4.69, 9.17) is 22.1 Å². The smallest absolute Gasteiger partial charge is 0.338 e. The van der Waals surface area contributed by atoms with Gasteiger partial charge in [0.05, 0.1) is 35.7 Å². The van der Waals surface area contributed by atoms with Gasteiger partial charge in [-0.3, -0.25) is 19.1 Å². The molecule has 1 aliphatic rings. The van der Waals surface area contributed by atoms with Gasteiger partial charge < -0.3 is 20.5 Å². The van der Waals surface area contributed by atoms with E-state index in [0.717, 1.165) is 4.90 Å². The molecule has 0 radical (unpaired) electrons. The lowest BCUT2D eigenvalue weighted by molar-refractivity contribution is -0.169. The maximum absolute atomic E-state index is 14.2. The minimum absolute atomic E-state index is 0.0860. The number of Topliss-reactive ketones (excluding diaryl/α,β-unsaturated/α-hetero) is 1. The van der Waals surface area contributed by atoms with Crippen molar-refractivity contribution in [2.24, 2.45) is 5.73 Å². The second-order valence-corrected chi connectivity index (χ2v) is 8.61. The quantitative estimate of drug-likeness (QED) is 0.326. The minimum atomic E-state index is -1.47. The number of aliphatic hydroxyl groups is 1. The topological polar surface area (TPSA) is 145 Å². The number of ether oxygens (including phenoxy) is 1. The Hall–Kier alpha value is -3.83. The Morgan fingerprint density at radius 2 is 2.06 bits per heavy atom. The van der Waals surface area contributed by atoms with Gasteiger partial charge in [0, 0.05) is 11.8 Å². The van der Waals surface area contributed by atoms with E-state index in [-0.39, 0.29) is 53.2 Å². The lowest BCUT2D eigenvalue weighted by Crippen LogP contribution is -2.62. The maximum atomic E-state index is 14.2. The predicted molar refractivity (Wildman–Crippen MR) is 126 cm³/mol. The zero-order chi connectivity index (χ0) is 26.1. The number of β-lactam (4-membered cyclic amide) rings is 1. The molecule has 1 aromatic heterocycles. The van der Waals surface area contributed by atoms with E-state index in [1.165, 1.54) is 41.1 Å². The van der Waals surface area contributed by atoms with E-state index >= 15 is 0 Å². The van der Waals surface area contributed by atoms with Crippen molar-refractivity contribution in [1.29, 1.82) is 0 Å². The van der Waals surface area contributed by atoms with E-state index < -0.39 is 41.7 Å². The molecule has 188 valence electrons. The van der Waals surface area contributed by atoms with Crippen molar-refractivity contribution in [3.05, 3.63) is 64.1 Å². The van der Waals surface area contributed by atoms with E-state index in [9.17, 15) is 28.7 Å². The number of amides is 2. The van der Waals surface area contributed by atoms with Crippen LogP contribution >= 0.6 is 11.6 Å². The molecule has 2 atom stereocenters. The van der Waals surface area contributed by atoms with Crippen LogP contribution in [0.5, 0.6) is 0 Å². The number of rotatable bonds is 9. The van der Waals surface area contributed by atoms with E-state index in [0.29, 0.717) is 5.52 Å². The summed E-state index contributed by atoms with van der Waals surface area (Å²) in [6, 6.07) is 7.72. The van der Waals surface area contributed by atoms with Crippen LogP contribution in [-0.4, -0.2) is 62.2 Å². The van der Waals surface area contributed by atoms with Crippen molar-refractivity contribution in [3.8, 4) is 0 Å². The number of hydrogen-bond acceptors (Lipinski definition) is 7. The van der Waals surface area contributed by atoms with Gasteiger partial charge in [-0.05, 0) is 36.8 Å². The van der Waals surface area contributed by atoms with Gasteiger partial charge in [0.1, 0.15) is 18.1 Å². The average Bonchev–Trinajstić information content (AvgIpc) is 3.18. The van der Waals surface area contributed by atoms with Crippen molar-refractivity contribution in [1.82, 2.24) is 14.7 Å². The van der Waals surface area contributed by atoms with E-state index in [1.807, 2.05) is 0 Å². The molecule has 36 heavy (non-hydrogen) atoms. The second kappa shape index (κ2) is 10.0. The summed E-state index contributed by atoms with van der Waals surface area (Å²) in [6.07, 6.45) is -1.91. The van der Waals surface area contributed by atoms with Crippen molar-refractivity contribution in [3.63, 3.8) is 0 Å². The first-order valence-electron chi connectivity index (χ1n) is 11.0. The van der Waals surface area contributed by atoms with Gasteiger partial charge in [-0.2, -0.15) is 5.10 Å². The van der Waals surface area contributed by atoms with Gasteiger partial charge in [-0.25, -0.2) is 9.18 Å². The average molecular weight is 517 g/mol. The third kappa shape index (κ3) is 4.67. The van der Waals surface area contributed by atoms with E-state index in [1.54, 1.807) is 6.92 Å². The number of carbonyl (C=O) groups is 4. The molecular formula is C24H22ClFN4O6. The fraction of sp³-hybridized carbons (Fsp3) is 0.292. The van der Waals surface area contributed by atoms with Crippen molar-refractivity contribution in [2.75, 3.05) is 6.61 Å². The predicted octanol–water partition coefficient (Wildman–Crippen LogP) is 1.84. The van der Waals surface area contributed by atoms with Crippen LogP contribution in [0.2, 0.25) is 5.02 Å². The summed E-state index contributed by atoms with van der Waals surface area (Å²) in [4.78, 5) is 50.1. The molecule has 0 bridgehead atoms. The monoisotopic (exact) mass is 516 g/mol. The number of carbonyl (C=O) groups excluding carboxylic acids is 4. The molecule has 12 heteroatoms. The number of nitrogens with two attached hydrogens (primary N) is 1. The van der Waals surface area contributed by atoms with Crippen molar-refractivity contribution >= 4 is 46.1 Å². The van der Waals surface area contributed by atoms with Gasteiger partial charge >= 0.3 is 5.97 Å². The zero-order valence-electron chi connectivity index (χ0n) is 19.1. The molecule has 1 aliphatic heterocycles. The number of hydrogen-bond donors (Lipinski definition) is 2. The summed E-state index contributed by atoms with van der Waals surface area (Å²) < 4.78 is 20.5. The standard InChI is InChI=1S/C24H22ClFN4O6/c1-2-36-24(35)13-6-7-16-14(8-13)22(23(27)34)28-29(16)11-20(33)30-17(10-19(30)32)18(31)9-12-4-3-5-15(25)21(12)26/h3-8,17,20,33H,2,9-11H2,1H3,(H2,27,34)/t17-,20?/m0/s1. The molecule has 0 spiro atoms. The summed E-state index contributed by atoms with van der Waals surface area (Å²) in [5.74, 6) is -3.09. The fourth-order valence-electron chi connectivity index (χ4n) is 4.15. The first kappa shape index (κ1) is 25.3. The van der Waals surface area contributed by atoms with Gasteiger partial charge in [-0.1, -0.05) is 23.7 Å². The number of ketones is 1. The van der Waals surface area contributed by atoms with Crippen LogP contribution < -0.4 is 5.73 Å². The highest BCUT2D eigenvalue weighted by molar-refractivity contribution is 6.30. The number of benzene rings is 2. The Bertz CT molecular complexity index is 1390. The normalized spacial score (nSPS) is 16.1. The molecule has 3 aromatic rings. The maximum Gasteiger partial charge on any atom is 0.338 e. The van der Waals surface area contributed by atoms with E-state index in [2.05, 4.69) is 5.10 Å².